The van der Waals surface area contributed by atoms with Crippen molar-refractivity contribution in [1.29, 1.82) is 0 Å². The van der Waals surface area contributed by atoms with Crippen LogP contribution in [0.15, 0.2) is 36.5 Å². The first-order valence-corrected chi connectivity index (χ1v) is 17.6. The van der Waals surface area contributed by atoms with Crippen LogP contribution in [0.25, 0.3) is 0 Å². The quantitative estimate of drug-likeness (QED) is 0.0501. The van der Waals surface area contributed by atoms with Crippen LogP contribution in [0.1, 0.15) is 123 Å². The number of unbranched alkanes of at least 4 members (excludes halogenated alkanes) is 12. The van der Waals surface area contributed by atoms with Crippen LogP contribution >= 0.6 is 0 Å². The summed E-state index contributed by atoms with van der Waals surface area (Å²) in [5, 5.41) is 39.8. The van der Waals surface area contributed by atoms with Gasteiger partial charge in [0.05, 0.1) is 13.2 Å². The van der Waals surface area contributed by atoms with Crippen molar-refractivity contribution in [2.24, 2.45) is 0 Å². The first kappa shape index (κ1) is 41.9. The van der Waals surface area contributed by atoms with E-state index in [0.717, 1.165) is 64.2 Å². The van der Waals surface area contributed by atoms with Gasteiger partial charge < -0.3 is 39.4 Å². The van der Waals surface area contributed by atoms with E-state index in [1.54, 1.807) is 0 Å². The van der Waals surface area contributed by atoms with Crippen molar-refractivity contribution in [2.75, 3.05) is 19.8 Å². The lowest BCUT2D eigenvalue weighted by atomic mass is 9.99. The van der Waals surface area contributed by atoms with Gasteiger partial charge in [0.2, 0.25) is 0 Å². The molecule has 0 aromatic carbocycles. The van der Waals surface area contributed by atoms with Crippen LogP contribution in [0.4, 0.5) is 0 Å². The molecule has 1 rings (SSSR count). The number of aliphatic hydroxyl groups excluding tert-OH is 4. The third kappa shape index (κ3) is 20.2. The van der Waals surface area contributed by atoms with Crippen LogP contribution in [0, 0.1) is 0 Å². The fourth-order valence-electron chi connectivity index (χ4n) is 5.01. The number of ether oxygens (including phenoxy) is 4. The van der Waals surface area contributed by atoms with Crippen LogP contribution in [0.2, 0.25) is 0 Å². The molecular weight excluding hydrogens is 592 g/mol. The van der Waals surface area contributed by atoms with Gasteiger partial charge in [0.25, 0.3) is 0 Å². The van der Waals surface area contributed by atoms with Crippen LogP contribution in [-0.2, 0) is 28.5 Å². The van der Waals surface area contributed by atoms with Crippen LogP contribution in [0.5, 0.6) is 0 Å². The number of hydrogen-bond donors (Lipinski definition) is 4. The van der Waals surface area contributed by atoms with E-state index in [4.69, 9.17) is 18.9 Å². The molecule has 1 aliphatic heterocycles. The summed E-state index contributed by atoms with van der Waals surface area (Å²) in [7, 11) is 0. The smallest absolute Gasteiger partial charge is 0.306 e. The van der Waals surface area contributed by atoms with Gasteiger partial charge in [0.15, 0.2) is 12.4 Å². The maximum Gasteiger partial charge on any atom is 0.306 e. The van der Waals surface area contributed by atoms with Crippen molar-refractivity contribution < 1.29 is 49.0 Å². The van der Waals surface area contributed by atoms with Crippen molar-refractivity contribution in [2.45, 2.75) is 160 Å². The third-order valence-electron chi connectivity index (χ3n) is 7.85. The van der Waals surface area contributed by atoms with Gasteiger partial charge in [-0.05, 0) is 32.1 Å². The molecule has 46 heavy (non-hydrogen) atoms. The summed E-state index contributed by atoms with van der Waals surface area (Å²) < 4.78 is 21.9. The van der Waals surface area contributed by atoms with Crippen molar-refractivity contribution in [3.8, 4) is 0 Å². The number of carbonyl (C=O) groups is 2. The zero-order valence-corrected chi connectivity index (χ0v) is 28.3. The SMILES string of the molecule is CC/C=C/C=C/C=C/CCCCCCCC(=O)OC(COC(=O)CCCCCCCCCC)CO[C@@H]1O[C@H](CO)[C@H](O)C(O)C1O. The zero-order valence-electron chi connectivity index (χ0n) is 28.3. The molecule has 0 aromatic rings. The molecule has 0 radical (unpaired) electrons. The Morgan fingerprint density at radius 1 is 0.696 bits per heavy atom. The van der Waals surface area contributed by atoms with Crippen LogP contribution in [-0.4, -0.2) is 89.0 Å². The minimum absolute atomic E-state index is 0.207. The van der Waals surface area contributed by atoms with Gasteiger partial charge in [-0.15, -0.1) is 0 Å². The largest absolute Gasteiger partial charge is 0.462 e. The molecule has 266 valence electrons. The number of hydrogen-bond acceptors (Lipinski definition) is 10. The molecule has 1 aliphatic rings. The van der Waals surface area contributed by atoms with E-state index >= 15 is 0 Å². The maximum atomic E-state index is 12.6. The van der Waals surface area contributed by atoms with E-state index in [-0.39, 0.29) is 32.0 Å². The van der Waals surface area contributed by atoms with Crippen molar-refractivity contribution in [3.63, 3.8) is 0 Å². The fourth-order valence-corrected chi connectivity index (χ4v) is 5.01. The van der Waals surface area contributed by atoms with Gasteiger partial charge in [-0.2, -0.15) is 0 Å². The number of esters is 2. The highest BCUT2D eigenvalue weighted by Crippen LogP contribution is 2.22. The van der Waals surface area contributed by atoms with Gasteiger partial charge in [-0.25, -0.2) is 0 Å². The minimum Gasteiger partial charge on any atom is -0.462 e. The summed E-state index contributed by atoms with van der Waals surface area (Å²) in [6.45, 7) is 3.19. The Morgan fingerprint density at radius 2 is 1.28 bits per heavy atom. The molecule has 4 N–H and O–H groups in total. The molecule has 10 nitrogen and oxygen atoms in total. The summed E-state index contributed by atoms with van der Waals surface area (Å²) in [6, 6.07) is 0. The Labute approximate surface area is 276 Å². The zero-order chi connectivity index (χ0) is 33.8. The molecule has 0 bridgehead atoms. The lowest BCUT2D eigenvalue weighted by molar-refractivity contribution is -0.305. The Hall–Kier alpha value is -2.08. The number of aliphatic hydroxyl groups is 4. The standard InChI is InChI=1S/C36H62O10/c1-3-5-7-9-11-13-14-15-16-17-19-21-23-25-32(39)45-29(27-43-31(38)24-22-20-18-12-10-8-6-4-2)28-44-36-35(42)34(41)33(40)30(26-37)46-36/h5,7,9,11,13-14,29-30,33-37,40-42H,3-4,6,8,10,12,15-28H2,1-2H3/b7-5+,11-9+,14-13+/t29?,30-,33+,34?,35?,36-/m1/s1. The predicted octanol–water partition coefficient (Wildman–Crippen LogP) is 5.60. The minimum atomic E-state index is -1.60. The molecular formula is C36H62O10. The van der Waals surface area contributed by atoms with E-state index in [2.05, 4.69) is 32.1 Å². The second-order valence-corrected chi connectivity index (χ2v) is 12.0. The molecule has 0 spiro atoms. The summed E-state index contributed by atoms with van der Waals surface area (Å²) in [5.41, 5.74) is 0. The van der Waals surface area contributed by atoms with Gasteiger partial charge >= 0.3 is 11.9 Å². The van der Waals surface area contributed by atoms with E-state index in [1.807, 2.05) is 18.2 Å². The fraction of sp³-hybridized carbons (Fsp3) is 0.778. The summed E-state index contributed by atoms with van der Waals surface area (Å²) in [4.78, 5) is 25.0. The highest BCUT2D eigenvalue weighted by atomic mass is 16.7. The summed E-state index contributed by atoms with van der Waals surface area (Å²) in [5.74, 6) is -0.840. The molecule has 1 heterocycles. The Bertz CT molecular complexity index is 856. The number of rotatable bonds is 27. The topological polar surface area (TPSA) is 152 Å². The molecule has 3 unspecified atom stereocenters. The lowest BCUT2D eigenvalue weighted by Crippen LogP contribution is -2.59. The van der Waals surface area contributed by atoms with E-state index < -0.39 is 49.4 Å². The highest BCUT2D eigenvalue weighted by molar-refractivity contribution is 5.70. The Balaban J connectivity index is 2.46. The summed E-state index contributed by atoms with van der Waals surface area (Å²) in [6.07, 6.45) is 20.3. The van der Waals surface area contributed by atoms with Gasteiger partial charge in [-0.3, -0.25) is 9.59 Å². The number of carbonyl (C=O) groups excluding carboxylic acids is 2. The summed E-state index contributed by atoms with van der Waals surface area (Å²) >= 11 is 0. The molecule has 1 fully saturated rings. The molecule has 10 heteroatoms. The van der Waals surface area contributed by atoms with Crippen molar-refractivity contribution >= 4 is 11.9 Å². The van der Waals surface area contributed by atoms with Crippen LogP contribution in [0.3, 0.4) is 0 Å². The molecule has 0 aromatic heterocycles. The second-order valence-electron chi connectivity index (χ2n) is 12.0. The predicted molar refractivity (Wildman–Crippen MR) is 178 cm³/mol. The second kappa shape index (κ2) is 28.0. The van der Waals surface area contributed by atoms with Crippen molar-refractivity contribution in [3.05, 3.63) is 36.5 Å². The average Bonchev–Trinajstić information content (AvgIpc) is 3.05. The highest BCUT2D eigenvalue weighted by Gasteiger charge is 2.44. The number of allylic oxidation sites excluding steroid dienone is 6. The molecule has 0 amide bonds. The molecule has 6 atom stereocenters. The Morgan fingerprint density at radius 3 is 1.91 bits per heavy atom. The Kier molecular flexibility index (Phi) is 25.5. The van der Waals surface area contributed by atoms with E-state index in [1.165, 1.54) is 25.7 Å². The van der Waals surface area contributed by atoms with E-state index in [0.29, 0.717) is 6.42 Å². The lowest BCUT2D eigenvalue weighted by Gasteiger charge is -2.39. The third-order valence-corrected chi connectivity index (χ3v) is 7.85. The maximum absolute atomic E-state index is 12.6. The molecule has 0 saturated carbocycles. The molecule has 0 aliphatic carbocycles. The monoisotopic (exact) mass is 654 g/mol. The van der Waals surface area contributed by atoms with E-state index in [9.17, 15) is 30.0 Å². The van der Waals surface area contributed by atoms with Crippen LogP contribution < -0.4 is 0 Å². The van der Waals surface area contributed by atoms with Gasteiger partial charge in [-0.1, -0.05) is 115 Å². The first-order chi connectivity index (χ1) is 22.3. The van der Waals surface area contributed by atoms with Gasteiger partial charge in [0.1, 0.15) is 31.0 Å². The average molecular weight is 655 g/mol. The van der Waals surface area contributed by atoms with Gasteiger partial charge in [0, 0.05) is 12.8 Å². The normalized spacial score (nSPS) is 22.6. The van der Waals surface area contributed by atoms with Crippen molar-refractivity contribution in [1.82, 2.24) is 0 Å². The molecule has 1 saturated heterocycles. The first-order valence-electron chi connectivity index (χ1n) is 17.6.